The summed E-state index contributed by atoms with van der Waals surface area (Å²) >= 11 is 0. The van der Waals surface area contributed by atoms with Crippen molar-refractivity contribution in [3.8, 4) is 11.4 Å². The van der Waals surface area contributed by atoms with Gasteiger partial charge in [-0.1, -0.05) is 12.1 Å². The highest BCUT2D eigenvalue weighted by Crippen LogP contribution is 2.31. The molecular weight excluding hydrogens is 481 g/mol. The van der Waals surface area contributed by atoms with Crippen LogP contribution in [-0.2, 0) is 13.2 Å². The first-order valence-corrected chi connectivity index (χ1v) is 11.3. The van der Waals surface area contributed by atoms with E-state index in [2.05, 4.69) is 20.6 Å². The number of fused-ring (bicyclic) bond motifs is 1. The number of alkyl halides is 3. The van der Waals surface area contributed by atoms with Gasteiger partial charge in [-0.25, -0.2) is 9.97 Å². The molecule has 0 atom stereocenters. The molecular formula is C27H21F3N6O. The van der Waals surface area contributed by atoms with Gasteiger partial charge in [0.05, 0.1) is 11.1 Å². The van der Waals surface area contributed by atoms with Crippen LogP contribution >= 0.6 is 0 Å². The fourth-order valence-electron chi connectivity index (χ4n) is 3.91. The summed E-state index contributed by atoms with van der Waals surface area (Å²) in [6.45, 7) is 1.89. The van der Waals surface area contributed by atoms with Crippen LogP contribution in [-0.4, -0.2) is 25.4 Å². The Morgan fingerprint density at radius 2 is 1.84 bits per heavy atom. The second-order valence-electron chi connectivity index (χ2n) is 8.49. The third-order valence-corrected chi connectivity index (χ3v) is 5.84. The predicted octanol–water partition coefficient (Wildman–Crippen LogP) is 6.35. The van der Waals surface area contributed by atoms with E-state index in [0.717, 1.165) is 34.3 Å². The summed E-state index contributed by atoms with van der Waals surface area (Å²) in [6, 6.07) is 15.1. The van der Waals surface area contributed by atoms with Crippen molar-refractivity contribution in [3.63, 3.8) is 0 Å². The first-order valence-electron chi connectivity index (χ1n) is 11.3. The van der Waals surface area contributed by atoms with Gasteiger partial charge in [-0.3, -0.25) is 9.78 Å². The van der Waals surface area contributed by atoms with E-state index in [0.29, 0.717) is 23.0 Å². The summed E-state index contributed by atoms with van der Waals surface area (Å²) in [4.78, 5) is 26.2. The number of anilines is 3. The smallest absolute Gasteiger partial charge is 0.346 e. The Bertz CT molecular complexity index is 1610. The zero-order valence-electron chi connectivity index (χ0n) is 19.8. The Kier molecular flexibility index (Phi) is 6.08. The topological polar surface area (TPSA) is 84.7 Å². The summed E-state index contributed by atoms with van der Waals surface area (Å²) in [5.74, 6) is 0.411. The van der Waals surface area contributed by atoms with Gasteiger partial charge in [-0.05, 0) is 61.0 Å². The number of nitrogens with zero attached hydrogens (tertiary/aromatic N) is 4. The molecule has 7 nitrogen and oxygen atoms in total. The molecule has 0 aliphatic carbocycles. The molecule has 37 heavy (non-hydrogen) atoms. The van der Waals surface area contributed by atoms with E-state index in [1.165, 1.54) is 12.1 Å². The molecule has 2 aromatic carbocycles. The van der Waals surface area contributed by atoms with Crippen molar-refractivity contribution in [2.75, 3.05) is 10.6 Å². The Morgan fingerprint density at radius 1 is 1.00 bits per heavy atom. The monoisotopic (exact) mass is 502 g/mol. The molecule has 0 radical (unpaired) electrons. The predicted molar refractivity (Wildman–Crippen MR) is 136 cm³/mol. The van der Waals surface area contributed by atoms with Gasteiger partial charge in [0.25, 0.3) is 5.91 Å². The fourth-order valence-corrected chi connectivity index (χ4v) is 3.91. The van der Waals surface area contributed by atoms with Crippen LogP contribution in [0.2, 0.25) is 0 Å². The average Bonchev–Trinajstić information content (AvgIpc) is 3.27. The molecule has 5 aromatic rings. The Labute approximate surface area is 210 Å². The highest BCUT2D eigenvalue weighted by atomic mass is 19.4. The average molecular weight is 503 g/mol. The van der Waals surface area contributed by atoms with E-state index >= 15 is 0 Å². The number of carbonyl (C=O) groups is 1. The first kappa shape index (κ1) is 24.0. The molecule has 3 aromatic heterocycles. The molecule has 10 heteroatoms. The van der Waals surface area contributed by atoms with Crippen molar-refractivity contribution >= 4 is 34.1 Å². The van der Waals surface area contributed by atoms with Gasteiger partial charge in [0.2, 0.25) is 0 Å². The number of nitrogens with one attached hydrogen (secondary N) is 2. The maximum atomic E-state index is 13.1. The number of carbonyl (C=O) groups excluding carboxylic acids is 1. The third kappa shape index (κ3) is 4.99. The number of aryl methyl sites for hydroxylation is 2. The van der Waals surface area contributed by atoms with Crippen molar-refractivity contribution in [1.29, 1.82) is 0 Å². The van der Waals surface area contributed by atoms with Gasteiger partial charge < -0.3 is 15.2 Å². The first-order chi connectivity index (χ1) is 17.7. The van der Waals surface area contributed by atoms with Crippen molar-refractivity contribution in [1.82, 2.24) is 19.5 Å². The molecule has 0 unspecified atom stereocenters. The van der Waals surface area contributed by atoms with Crippen LogP contribution in [0.25, 0.3) is 22.4 Å². The Balaban J connectivity index is 1.47. The van der Waals surface area contributed by atoms with Gasteiger partial charge in [-0.2, -0.15) is 13.2 Å². The van der Waals surface area contributed by atoms with Crippen LogP contribution < -0.4 is 10.6 Å². The van der Waals surface area contributed by atoms with Crippen LogP contribution in [0.3, 0.4) is 0 Å². The molecule has 0 spiro atoms. The molecule has 0 fully saturated rings. The fraction of sp³-hybridized carbons (Fsp3) is 0.111. The molecule has 0 saturated heterocycles. The van der Waals surface area contributed by atoms with E-state index in [-0.39, 0.29) is 5.56 Å². The van der Waals surface area contributed by atoms with E-state index in [1.54, 1.807) is 30.6 Å². The molecule has 0 bridgehead atoms. The largest absolute Gasteiger partial charge is 0.416 e. The van der Waals surface area contributed by atoms with Crippen molar-refractivity contribution < 1.29 is 18.0 Å². The SMILES string of the molecule is Cc1ccc(NC(=O)c2cccc(C(F)(F)F)c2)cc1Nc1nc(-c2cccnc2)nc2ccn(C)c12. The standard InChI is InChI=1S/C27H21F3N6O/c1-16-8-9-20(32-26(37)17-5-3-7-19(13-17)27(28,29)30)14-22(16)34-25-23-21(10-12-36(23)2)33-24(35-25)18-6-4-11-31-15-18/h3-15H,1-2H3,(H,32,37)(H,33,34,35). The van der Waals surface area contributed by atoms with Crippen molar-refractivity contribution in [2.24, 2.45) is 7.05 Å². The van der Waals surface area contributed by atoms with Crippen LogP contribution in [0.5, 0.6) is 0 Å². The van der Waals surface area contributed by atoms with Gasteiger partial charge in [0, 0.05) is 48.1 Å². The van der Waals surface area contributed by atoms with Crippen LogP contribution in [0.4, 0.5) is 30.4 Å². The van der Waals surface area contributed by atoms with Gasteiger partial charge in [-0.15, -0.1) is 0 Å². The summed E-state index contributed by atoms with van der Waals surface area (Å²) < 4.78 is 41.1. The van der Waals surface area contributed by atoms with E-state index < -0.39 is 17.6 Å². The second kappa shape index (κ2) is 9.38. The summed E-state index contributed by atoms with van der Waals surface area (Å²) in [5, 5.41) is 6.02. The van der Waals surface area contributed by atoms with Gasteiger partial charge >= 0.3 is 6.18 Å². The number of halogens is 3. The molecule has 2 N–H and O–H groups in total. The van der Waals surface area contributed by atoms with Crippen LogP contribution in [0.1, 0.15) is 21.5 Å². The molecule has 3 heterocycles. The number of pyridine rings is 1. The van der Waals surface area contributed by atoms with Gasteiger partial charge in [0.15, 0.2) is 11.6 Å². The highest BCUT2D eigenvalue weighted by molar-refractivity contribution is 6.04. The minimum Gasteiger partial charge on any atom is -0.346 e. The van der Waals surface area contributed by atoms with E-state index in [1.807, 2.05) is 42.9 Å². The highest BCUT2D eigenvalue weighted by Gasteiger charge is 2.31. The molecule has 1 amide bonds. The number of benzene rings is 2. The number of rotatable bonds is 5. The number of amides is 1. The van der Waals surface area contributed by atoms with E-state index in [4.69, 9.17) is 4.98 Å². The van der Waals surface area contributed by atoms with E-state index in [9.17, 15) is 18.0 Å². The molecule has 0 saturated carbocycles. The lowest BCUT2D eigenvalue weighted by atomic mass is 10.1. The number of hydrogen-bond donors (Lipinski definition) is 2. The third-order valence-electron chi connectivity index (χ3n) is 5.84. The minimum atomic E-state index is -4.54. The van der Waals surface area contributed by atoms with Crippen molar-refractivity contribution in [2.45, 2.75) is 13.1 Å². The maximum Gasteiger partial charge on any atom is 0.416 e. The summed E-state index contributed by atoms with van der Waals surface area (Å²) in [5.41, 5.74) is 3.27. The quantitative estimate of drug-likeness (QED) is 0.292. The lowest BCUT2D eigenvalue weighted by molar-refractivity contribution is -0.137. The Hall–Kier alpha value is -4.73. The zero-order valence-corrected chi connectivity index (χ0v) is 19.8. The molecule has 5 rings (SSSR count). The Morgan fingerprint density at radius 3 is 2.59 bits per heavy atom. The second-order valence-corrected chi connectivity index (χ2v) is 8.49. The summed E-state index contributed by atoms with van der Waals surface area (Å²) in [6.07, 6.45) is 0.705. The summed E-state index contributed by atoms with van der Waals surface area (Å²) in [7, 11) is 1.89. The zero-order chi connectivity index (χ0) is 26.2. The molecule has 186 valence electrons. The molecule has 0 aliphatic heterocycles. The normalized spacial score (nSPS) is 11.5. The molecule has 0 aliphatic rings. The van der Waals surface area contributed by atoms with Gasteiger partial charge in [0.1, 0.15) is 5.52 Å². The number of hydrogen-bond acceptors (Lipinski definition) is 5. The van der Waals surface area contributed by atoms with Crippen LogP contribution in [0, 0.1) is 6.92 Å². The number of aromatic nitrogens is 4. The lowest BCUT2D eigenvalue weighted by Crippen LogP contribution is -2.14. The van der Waals surface area contributed by atoms with Crippen LogP contribution in [0.15, 0.2) is 79.3 Å². The lowest BCUT2D eigenvalue weighted by Gasteiger charge is -2.14. The minimum absolute atomic E-state index is 0.0904. The van der Waals surface area contributed by atoms with Crippen molar-refractivity contribution in [3.05, 3.63) is 95.9 Å². The maximum absolute atomic E-state index is 13.1.